The summed E-state index contributed by atoms with van der Waals surface area (Å²) >= 11 is 7.45. The van der Waals surface area contributed by atoms with Crippen molar-refractivity contribution < 1.29 is 4.79 Å². The molecule has 0 saturated heterocycles. The molecular weight excluding hydrogens is 410 g/mol. The van der Waals surface area contributed by atoms with E-state index < -0.39 is 0 Å². The molecule has 2 aromatic carbocycles. The van der Waals surface area contributed by atoms with E-state index in [4.69, 9.17) is 11.6 Å². The highest BCUT2D eigenvalue weighted by molar-refractivity contribution is 7.99. The van der Waals surface area contributed by atoms with Gasteiger partial charge in [0, 0.05) is 21.9 Å². The Kier molecular flexibility index (Phi) is 5.37. The predicted molar refractivity (Wildman–Crippen MR) is 113 cm³/mol. The Bertz CT molecular complexity index is 1250. The van der Waals surface area contributed by atoms with E-state index in [2.05, 4.69) is 15.4 Å². The first-order valence-electron chi connectivity index (χ1n) is 8.71. The summed E-state index contributed by atoms with van der Waals surface area (Å²) in [6, 6.07) is 15.0. The molecule has 4 aromatic rings. The lowest BCUT2D eigenvalue weighted by Gasteiger charge is -2.11. The zero-order chi connectivity index (χ0) is 20.4. The standard InChI is InChI=1S/C20H16ClN5O2S/c1-25-19-15(10-23-25)20(28)26(12-22-19)11-18(27)24-16-4-2-3-5-17(16)29-14-8-6-13(21)7-9-14/h2-10,12H,11H2,1H3,(H,24,27). The van der Waals surface area contributed by atoms with Crippen LogP contribution in [0, 0.1) is 0 Å². The van der Waals surface area contributed by atoms with Crippen molar-refractivity contribution in [2.75, 3.05) is 5.32 Å². The Morgan fingerprint density at radius 3 is 2.72 bits per heavy atom. The highest BCUT2D eigenvalue weighted by atomic mass is 35.5. The van der Waals surface area contributed by atoms with Gasteiger partial charge >= 0.3 is 0 Å². The number of fused-ring (bicyclic) bond motifs is 1. The minimum atomic E-state index is -0.318. The number of para-hydroxylation sites is 1. The van der Waals surface area contributed by atoms with Crippen LogP contribution in [0.1, 0.15) is 0 Å². The van der Waals surface area contributed by atoms with E-state index in [9.17, 15) is 9.59 Å². The van der Waals surface area contributed by atoms with Gasteiger partial charge in [0.25, 0.3) is 5.56 Å². The second-order valence-electron chi connectivity index (χ2n) is 6.28. The highest BCUT2D eigenvalue weighted by Crippen LogP contribution is 2.33. The molecule has 1 N–H and O–H groups in total. The van der Waals surface area contributed by atoms with Crippen LogP contribution in [0.25, 0.3) is 11.0 Å². The summed E-state index contributed by atoms with van der Waals surface area (Å²) in [6.45, 7) is -0.142. The van der Waals surface area contributed by atoms with Crippen molar-refractivity contribution in [3.8, 4) is 0 Å². The van der Waals surface area contributed by atoms with E-state index in [0.717, 1.165) is 9.79 Å². The maximum atomic E-state index is 12.6. The van der Waals surface area contributed by atoms with E-state index in [1.165, 1.54) is 33.5 Å². The molecule has 0 aliphatic rings. The van der Waals surface area contributed by atoms with Crippen LogP contribution in [-0.4, -0.2) is 25.2 Å². The second kappa shape index (κ2) is 8.10. The van der Waals surface area contributed by atoms with Crippen LogP contribution >= 0.6 is 23.4 Å². The number of nitrogens with zero attached hydrogens (tertiary/aromatic N) is 4. The second-order valence-corrected chi connectivity index (χ2v) is 7.84. The normalized spacial score (nSPS) is 11.0. The number of hydrogen-bond donors (Lipinski definition) is 1. The summed E-state index contributed by atoms with van der Waals surface area (Å²) in [7, 11) is 1.71. The number of amides is 1. The molecule has 0 aliphatic heterocycles. The van der Waals surface area contributed by atoms with E-state index >= 15 is 0 Å². The van der Waals surface area contributed by atoms with E-state index in [1.807, 2.05) is 48.5 Å². The first-order valence-corrected chi connectivity index (χ1v) is 9.90. The zero-order valence-electron chi connectivity index (χ0n) is 15.4. The molecule has 146 valence electrons. The third-order valence-electron chi connectivity index (χ3n) is 4.23. The number of anilines is 1. The molecule has 9 heteroatoms. The molecule has 0 atom stereocenters. The van der Waals surface area contributed by atoms with Crippen LogP contribution in [0.2, 0.25) is 5.02 Å². The van der Waals surface area contributed by atoms with Crippen molar-refractivity contribution in [3.63, 3.8) is 0 Å². The van der Waals surface area contributed by atoms with Gasteiger partial charge in [0.05, 0.1) is 11.9 Å². The number of aryl methyl sites for hydroxylation is 1. The molecular formula is C20H16ClN5O2S. The molecule has 2 aromatic heterocycles. The van der Waals surface area contributed by atoms with E-state index in [0.29, 0.717) is 21.7 Å². The molecule has 1 amide bonds. The van der Waals surface area contributed by atoms with Crippen LogP contribution in [0.3, 0.4) is 0 Å². The fourth-order valence-electron chi connectivity index (χ4n) is 2.81. The van der Waals surface area contributed by atoms with Crippen molar-refractivity contribution in [1.29, 1.82) is 0 Å². The first-order chi connectivity index (χ1) is 14.0. The minimum absolute atomic E-state index is 0.142. The van der Waals surface area contributed by atoms with Gasteiger partial charge in [-0.3, -0.25) is 18.8 Å². The van der Waals surface area contributed by atoms with Gasteiger partial charge in [0.1, 0.15) is 18.3 Å². The SMILES string of the molecule is Cn1ncc2c(=O)n(CC(=O)Nc3ccccc3Sc3ccc(Cl)cc3)cnc21. The predicted octanol–water partition coefficient (Wildman–Crippen LogP) is 3.57. The molecule has 7 nitrogen and oxygen atoms in total. The number of hydrogen-bond acceptors (Lipinski definition) is 5. The lowest BCUT2D eigenvalue weighted by Crippen LogP contribution is -2.28. The summed E-state index contributed by atoms with van der Waals surface area (Å²) in [5.41, 5.74) is 0.847. The minimum Gasteiger partial charge on any atom is -0.323 e. The van der Waals surface area contributed by atoms with Crippen molar-refractivity contribution in [1.82, 2.24) is 19.3 Å². The number of aromatic nitrogens is 4. The lowest BCUT2D eigenvalue weighted by atomic mass is 10.3. The lowest BCUT2D eigenvalue weighted by molar-refractivity contribution is -0.116. The molecule has 4 rings (SSSR count). The summed E-state index contributed by atoms with van der Waals surface area (Å²) in [5, 5.41) is 7.95. The van der Waals surface area contributed by atoms with Gasteiger partial charge in [0.2, 0.25) is 5.91 Å². The van der Waals surface area contributed by atoms with Gasteiger partial charge in [-0.1, -0.05) is 35.5 Å². The Balaban J connectivity index is 1.52. The van der Waals surface area contributed by atoms with E-state index in [-0.39, 0.29) is 18.0 Å². The number of rotatable bonds is 5. The van der Waals surface area contributed by atoms with Crippen molar-refractivity contribution in [2.45, 2.75) is 16.3 Å². The van der Waals surface area contributed by atoms with Gasteiger partial charge in [0.15, 0.2) is 5.65 Å². The van der Waals surface area contributed by atoms with Gasteiger partial charge in [-0.05, 0) is 36.4 Å². The first kappa shape index (κ1) is 19.2. The molecule has 0 saturated carbocycles. The number of benzene rings is 2. The van der Waals surface area contributed by atoms with Crippen LogP contribution in [0.4, 0.5) is 5.69 Å². The largest absolute Gasteiger partial charge is 0.323 e. The Labute approximate surface area is 175 Å². The topological polar surface area (TPSA) is 81.8 Å². The maximum absolute atomic E-state index is 12.6. The molecule has 0 fully saturated rings. The molecule has 0 aliphatic carbocycles. The monoisotopic (exact) mass is 425 g/mol. The fourth-order valence-corrected chi connectivity index (χ4v) is 3.84. The van der Waals surface area contributed by atoms with Crippen LogP contribution in [0.15, 0.2) is 75.6 Å². The number of nitrogens with one attached hydrogen (secondary N) is 1. The van der Waals surface area contributed by atoms with Crippen LogP contribution in [-0.2, 0) is 18.4 Å². The molecule has 0 bridgehead atoms. The Morgan fingerprint density at radius 1 is 1.17 bits per heavy atom. The molecule has 2 heterocycles. The summed E-state index contributed by atoms with van der Waals surface area (Å²) in [4.78, 5) is 31.2. The Hall–Kier alpha value is -3.10. The average molecular weight is 426 g/mol. The third kappa shape index (κ3) is 4.18. The van der Waals surface area contributed by atoms with Crippen molar-refractivity contribution in [2.24, 2.45) is 7.05 Å². The van der Waals surface area contributed by atoms with Gasteiger partial charge < -0.3 is 5.32 Å². The maximum Gasteiger partial charge on any atom is 0.264 e. The van der Waals surface area contributed by atoms with Crippen LogP contribution in [0.5, 0.6) is 0 Å². The molecule has 29 heavy (non-hydrogen) atoms. The summed E-state index contributed by atoms with van der Waals surface area (Å²) in [6.07, 6.45) is 2.82. The van der Waals surface area contributed by atoms with Gasteiger partial charge in [-0.25, -0.2) is 4.98 Å². The summed E-state index contributed by atoms with van der Waals surface area (Å²) < 4.78 is 2.79. The highest BCUT2D eigenvalue weighted by Gasteiger charge is 2.12. The zero-order valence-corrected chi connectivity index (χ0v) is 16.9. The van der Waals surface area contributed by atoms with Gasteiger partial charge in [-0.15, -0.1) is 0 Å². The van der Waals surface area contributed by atoms with Crippen molar-refractivity contribution >= 4 is 46.0 Å². The number of carbonyl (C=O) groups is 1. The molecule has 0 spiro atoms. The molecule has 0 unspecified atom stereocenters. The smallest absolute Gasteiger partial charge is 0.264 e. The average Bonchev–Trinajstić information content (AvgIpc) is 3.09. The quantitative estimate of drug-likeness (QED) is 0.528. The Morgan fingerprint density at radius 2 is 1.93 bits per heavy atom. The fraction of sp³-hybridized carbons (Fsp3) is 0.100. The molecule has 0 radical (unpaired) electrons. The van der Waals surface area contributed by atoms with E-state index in [1.54, 1.807) is 7.05 Å². The number of halogens is 1. The third-order valence-corrected chi connectivity index (χ3v) is 5.57. The summed E-state index contributed by atoms with van der Waals surface area (Å²) in [5.74, 6) is -0.318. The van der Waals surface area contributed by atoms with Crippen molar-refractivity contribution in [3.05, 3.63) is 76.4 Å². The van der Waals surface area contributed by atoms with Crippen LogP contribution < -0.4 is 10.9 Å². The van der Waals surface area contributed by atoms with Gasteiger partial charge in [-0.2, -0.15) is 5.10 Å². The number of carbonyl (C=O) groups excluding carboxylic acids is 1.